The number of aryl methyl sites for hydroxylation is 2. The highest BCUT2D eigenvalue weighted by Gasteiger charge is 2.30. The van der Waals surface area contributed by atoms with Gasteiger partial charge in [0.25, 0.3) is 5.91 Å². The van der Waals surface area contributed by atoms with Gasteiger partial charge in [-0.15, -0.1) is 11.3 Å². The Morgan fingerprint density at radius 1 is 1.38 bits per heavy atom. The third-order valence-corrected chi connectivity index (χ3v) is 5.52. The molecule has 8 heteroatoms. The summed E-state index contributed by atoms with van der Waals surface area (Å²) in [6, 6.07) is 0. The summed E-state index contributed by atoms with van der Waals surface area (Å²) in [5, 5.41) is 5.97. The summed E-state index contributed by atoms with van der Waals surface area (Å²) < 4.78 is 7.31. The van der Waals surface area contributed by atoms with E-state index in [2.05, 4.69) is 25.1 Å². The average molecular weight is 371 g/mol. The Kier molecular flexibility index (Phi) is 4.58. The lowest BCUT2D eigenvalue weighted by atomic mass is 9.96. The van der Waals surface area contributed by atoms with Crippen molar-refractivity contribution < 1.29 is 9.32 Å². The molecule has 0 aliphatic carbocycles. The molecule has 3 aromatic rings. The molecule has 0 saturated carbocycles. The van der Waals surface area contributed by atoms with Crippen LogP contribution in [-0.4, -0.2) is 43.6 Å². The van der Waals surface area contributed by atoms with Crippen molar-refractivity contribution in [2.75, 3.05) is 13.1 Å². The number of nitrogens with zero attached hydrogens (tertiary/aromatic N) is 5. The fourth-order valence-electron chi connectivity index (χ4n) is 3.62. The number of likely N-dealkylation sites (tertiary alicyclic amines) is 1. The second-order valence-corrected chi connectivity index (χ2v) is 7.40. The summed E-state index contributed by atoms with van der Waals surface area (Å²) in [4.78, 5) is 23.8. The van der Waals surface area contributed by atoms with Gasteiger partial charge in [-0.2, -0.15) is 0 Å². The average Bonchev–Trinajstić information content (AvgIpc) is 3.38. The van der Waals surface area contributed by atoms with E-state index in [0.717, 1.165) is 30.9 Å². The van der Waals surface area contributed by atoms with Crippen molar-refractivity contribution in [2.45, 2.75) is 39.2 Å². The van der Waals surface area contributed by atoms with Crippen molar-refractivity contribution in [1.82, 2.24) is 24.6 Å². The molecule has 0 N–H and O–H groups in total. The maximum atomic E-state index is 12.9. The van der Waals surface area contributed by atoms with E-state index in [-0.39, 0.29) is 11.8 Å². The van der Waals surface area contributed by atoms with Gasteiger partial charge in [0.05, 0.1) is 23.4 Å². The van der Waals surface area contributed by atoms with Crippen molar-refractivity contribution in [1.29, 1.82) is 0 Å². The molecule has 0 spiro atoms. The van der Waals surface area contributed by atoms with E-state index in [1.54, 1.807) is 18.3 Å². The number of hydrogen-bond acceptors (Lipinski definition) is 6. The molecule has 1 saturated heterocycles. The number of thiazole rings is 1. The highest BCUT2D eigenvalue weighted by atomic mass is 32.1. The Hall–Kier alpha value is -2.48. The molecular weight excluding hydrogens is 350 g/mol. The lowest BCUT2D eigenvalue weighted by Crippen LogP contribution is -2.40. The van der Waals surface area contributed by atoms with Crippen molar-refractivity contribution in [3.05, 3.63) is 51.8 Å². The van der Waals surface area contributed by atoms with E-state index in [9.17, 15) is 4.79 Å². The number of carbonyl (C=O) groups excluding carboxylic acids is 1. The van der Waals surface area contributed by atoms with E-state index in [0.29, 0.717) is 30.1 Å². The van der Waals surface area contributed by atoms with Crippen molar-refractivity contribution >= 4 is 17.2 Å². The van der Waals surface area contributed by atoms with Crippen molar-refractivity contribution in [3.63, 3.8) is 0 Å². The van der Waals surface area contributed by atoms with Gasteiger partial charge in [0, 0.05) is 36.8 Å². The van der Waals surface area contributed by atoms with Crippen LogP contribution >= 0.6 is 11.3 Å². The standard InChI is InChI=1S/C18H21N5O2S/c1-12-16(13(2)25-21-12)18(24)23-6-3-4-14(8-23)17-19-5-7-22(17)9-15-10-26-11-20-15/h5,7,10-11,14H,3-4,6,8-9H2,1-2H3. The number of piperidine rings is 1. The third kappa shape index (κ3) is 3.16. The summed E-state index contributed by atoms with van der Waals surface area (Å²) in [5.74, 6) is 1.83. The quantitative estimate of drug-likeness (QED) is 0.704. The zero-order valence-electron chi connectivity index (χ0n) is 14.9. The van der Waals surface area contributed by atoms with Crippen LogP contribution in [-0.2, 0) is 6.54 Å². The second kappa shape index (κ2) is 7.03. The minimum absolute atomic E-state index is 0.00329. The first-order valence-corrected chi connectivity index (χ1v) is 9.68. The molecule has 3 aromatic heterocycles. The Labute approximate surface area is 155 Å². The highest BCUT2D eigenvalue weighted by molar-refractivity contribution is 7.07. The van der Waals surface area contributed by atoms with Gasteiger partial charge >= 0.3 is 0 Å². The molecule has 136 valence electrons. The van der Waals surface area contributed by atoms with Crippen molar-refractivity contribution in [2.24, 2.45) is 0 Å². The van der Waals surface area contributed by atoms with Crippen LogP contribution in [0, 0.1) is 13.8 Å². The van der Waals surface area contributed by atoms with E-state index < -0.39 is 0 Å². The molecular formula is C18H21N5O2S. The first-order valence-electron chi connectivity index (χ1n) is 8.73. The summed E-state index contributed by atoms with van der Waals surface area (Å²) in [6.07, 6.45) is 5.81. The molecule has 7 nitrogen and oxygen atoms in total. The highest BCUT2D eigenvalue weighted by Crippen LogP contribution is 2.28. The van der Waals surface area contributed by atoms with Crippen molar-refractivity contribution in [3.8, 4) is 0 Å². The maximum absolute atomic E-state index is 12.9. The fraction of sp³-hybridized carbons (Fsp3) is 0.444. The molecule has 0 aromatic carbocycles. The number of amides is 1. The van der Waals surface area contributed by atoms with E-state index in [1.807, 2.05) is 29.7 Å². The zero-order valence-corrected chi connectivity index (χ0v) is 15.7. The largest absolute Gasteiger partial charge is 0.361 e. The molecule has 4 heterocycles. The molecule has 1 fully saturated rings. The number of carbonyl (C=O) groups is 1. The molecule has 1 amide bonds. The van der Waals surface area contributed by atoms with Gasteiger partial charge in [-0.1, -0.05) is 5.16 Å². The summed E-state index contributed by atoms with van der Waals surface area (Å²) >= 11 is 1.60. The van der Waals surface area contributed by atoms with Crippen LogP contribution in [0.15, 0.2) is 27.8 Å². The number of rotatable bonds is 4. The lowest BCUT2D eigenvalue weighted by Gasteiger charge is -2.32. The molecule has 1 atom stereocenters. The van der Waals surface area contributed by atoms with Crippen LogP contribution in [0.3, 0.4) is 0 Å². The molecule has 4 rings (SSSR count). The van der Waals surface area contributed by atoms with Gasteiger partial charge in [0.1, 0.15) is 17.1 Å². The number of imidazole rings is 1. The first-order chi connectivity index (χ1) is 12.6. The van der Waals surface area contributed by atoms with Crippen LogP contribution < -0.4 is 0 Å². The van der Waals surface area contributed by atoms with E-state index >= 15 is 0 Å². The van der Waals surface area contributed by atoms with Crippen LogP contribution in [0.5, 0.6) is 0 Å². The van der Waals surface area contributed by atoms with Gasteiger partial charge in [0.2, 0.25) is 0 Å². The monoisotopic (exact) mass is 371 g/mol. The smallest absolute Gasteiger partial charge is 0.259 e. The fourth-order valence-corrected chi connectivity index (χ4v) is 4.17. The minimum Gasteiger partial charge on any atom is -0.361 e. The van der Waals surface area contributed by atoms with Gasteiger partial charge in [0.15, 0.2) is 0 Å². The van der Waals surface area contributed by atoms with Crippen LogP contribution in [0.25, 0.3) is 0 Å². The van der Waals surface area contributed by atoms with Gasteiger partial charge < -0.3 is 14.0 Å². The SMILES string of the molecule is Cc1noc(C)c1C(=O)N1CCCC(c2nccn2Cc2cscn2)C1. The zero-order chi connectivity index (χ0) is 18.1. The molecule has 0 radical (unpaired) electrons. The molecule has 1 aliphatic heterocycles. The Bertz CT molecular complexity index is 879. The maximum Gasteiger partial charge on any atom is 0.259 e. The first kappa shape index (κ1) is 17.0. The van der Waals surface area contributed by atoms with Crippen LogP contribution in [0.4, 0.5) is 0 Å². The predicted molar refractivity (Wildman–Crippen MR) is 97.3 cm³/mol. The summed E-state index contributed by atoms with van der Waals surface area (Å²) in [5.41, 5.74) is 4.13. The Morgan fingerprint density at radius 2 is 2.27 bits per heavy atom. The van der Waals surface area contributed by atoms with Gasteiger partial charge in [-0.05, 0) is 26.7 Å². The number of hydrogen-bond donors (Lipinski definition) is 0. The minimum atomic E-state index is 0.00329. The molecule has 26 heavy (non-hydrogen) atoms. The third-order valence-electron chi connectivity index (χ3n) is 4.88. The molecule has 1 aliphatic rings. The number of aromatic nitrogens is 4. The topological polar surface area (TPSA) is 77.0 Å². The van der Waals surface area contributed by atoms with E-state index in [1.165, 1.54) is 0 Å². The Morgan fingerprint density at radius 3 is 3.00 bits per heavy atom. The van der Waals surface area contributed by atoms with Crippen LogP contribution in [0.1, 0.15) is 52.1 Å². The summed E-state index contributed by atoms with van der Waals surface area (Å²) in [7, 11) is 0. The van der Waals surface area contributed by atoms with Crippen LogP contribution in [0.2, 0.25) is 0 Å². The Balaban J connectivity index is 1.53. The predicted octanol–water partition coefficient (Wildman–Crippen LogP) is 3.01. The van der Waals surface area contributed by atoms with E-state index in [4.69, 9.17) is 4.52 Å². The molecule has 1 unspecified atom stereocenters. The molecule has 0 bridgehead atoms. The van der Waals surface area contributed by atoms with Gasteiger partial charge in [-0.3, -0.25) is 4.79 Å². The van der Waals surface area contributed by atoms with Gasteiger partial charge in [-0.25, -0.2) is 9.97 Å². The normalized spacial score (nSPS) is 17.6. The summed E-state index contributed by atoms with van der Waals surface area (Å²) in [6.45, 7) is 5.73. The second-order valence-electron chi connectivity index (χ2n) is 6.68. The lowest BCUT2D eigenvalue weighted by molar-refractivity contribution is 0.0701.